The number of methoxy groups -OCH3 is 1. The first-order valence-corrected chi connectivity index (χ1v) is 10.2. The molecule has 1 heterocycles. The number of ether oxygens (including phenoxy) is 1. The van der Waals surface area contributed by atoms with E-state index in [1.54, 1.807) is 0 Å². The second-order valence-corrected chi connectivity index (χ2v) is 9.26. The van der Waals surface area contributed by atoms with Gasteiger partial charge in [0.1, 0.15) is 10.6 Å². The third kappa shape index (κ3) is 4.23. The molecule has 2 rings (SSSR count). The van der Waals surface area contributed by atoms with Crippen LogP contribution >= 0.6 is 0 Å². The quantitative estimate of drug-likeness (QED) is 0.603. The largest absolute Gasteiger partial charge is 0.495 e. The molecule has 1 fully saturated rings. The third-order valence-electron chi connectivity index (χ3n) is 3.40. The molecule has 1 aromatic carbocycles. The van der Waals surface area contributed by atoms with Crippen molar-refractivity contribution in [2.45, 2.75) is 24.0 Å². The van der Waals surface area contributed by atoms with E-state index < -0.39 is 43.5 Å². The summed E-state index contributed by atoms with van der Waals surface area (Å²) in [6.45, 7) is 1.27. The van der Waals surface area contributed by atoms with Crippen molar-refractivity contribution in [2.75, 3.05) is 23.9 Å². The number of nitrogens with one attached hydrogen (secondary N) is 2. The first-order chi connectivity index (χ1) is 11.0. The molecule has 0 aliphatic carbocycles. The Morgan fingerprint density at radius 2 is 2.00 bits per heavy atom. The van der Waals surface area contributed by atoms with Crippen LogP contribution in [0, 0.1) is 0 Å². The van der Waals surface area contributed by atoms with Gasteiger partial charge in [0.25, 0.3) is 0 Å². The average molecular weight is 378 g/mol. The standard InChI is InChI=1S/C13H18N2O7S2/c1-8(16)14-9-3-4-12(22-2)13(5-9)24(20,21)15-10-6-23(18,19)7-11(10)17/h3-5,10-11,15,17H,6-7H2,1-2H3,(H,14,16)/t10-,11-/m1/s1. The molecule has 0 bridgehead atoms. The predicted octanol–water partition coefficient (Wildman–Crippen LogP) is -0.910. The summed E-state index contributed by atoms with van der Waals surface area (Å²) in [6, 6.07) is 2.88. The monoisotopic (exact) mass is 378 g/mol. The highest BCUT2D eigenvalue weighted by molar-refractivity contribution is 7.92. The van der Waals surface area contributed by atoms with Crippen LogP contribution in [0.15, 0.2) is 23.1 Å². The van der Waals surface area contributed by atoms with Crippen LogP contribution < -0.4 is 14.8 Å². The van der Waals surface area contributed by atoms with Crippen molar-refractivity contribution in [1.82, 2.24) is 4.72 Å². The van der Waals surface area contributed by atoms with Crippen molar-refractivity contribution in [3.63, 3.8) is 0 Å². The van der Waals surface area contributed by atoms with Crippen molar-refractivity contribution in [3.05, 3.63) is 18.2 Å². The SMILES string of the molecule is COc1ccc(NC(C)=O)cc1S(=O)(=O)N[C@@H]1CS(=O)(=O)C[C@H]1O. The van der Waals surface area contributed by atoms with E-state index in [-0.39, 0.29) is 22.2 Å². The highest BCUT2D eigenvalue weighted by atomic mass is 32.2. The number of anilines is 1. The second-order valence-electron chi connectivity index (χ2n) is 5.42. The molecule has 2 atom stereocenters. The van der Waals surface area contributed by atoms with Crippen molar-refractivity contribution in [1.29, 1.82) is 0 Å². The lowest BCUT2D eigenvalue weighted by Crippen LogP contribution is -2.42. The average Bonchev–Trinajstić information content (AvgIpc) is 2.69. The molecule has 1 aliphatic rings. The molecule has 0 aromatic heterocycles. The summed E-state index contributed by atoms with van der Waals surface area (Å²) in [6.07, 6.45) is -1.32. The topological polar surface area (TPSA) is 139 Å². The number of carbonyl (C=O) groups is 1. The highest BCUT2D eigenvalue weighted by Gasteiger charge is 2.39. The summed E-state index contributed by atoms with van der Waals surface area (Å²) in [4.78, 5) is 10.8. The molecule has 1 aromatic rings. The van der Waals surface area contributed by atoms with Gasteiger partial charge in [-0.3, -0.25) is 4.79 Å². The van der Waals surface area contributed by atoms with Crippen molar-refractivity contribution in [2.24, 2.45) is 0 Å². The van der Waals surface area contributed by atoms with Gasteiger partial charge in [-0.15, -0.1) is 0 Å². The number of hydrogen-bond acceptors (Lipinski definition) is 7. The summed E-state index contributed by atoms with van der Waals surface area (Å²) in [7, 11) is -6.40. The Balaban J connectivity index is 2.36. The predicted molar refractivity (Wildman–Crippen MR) is 86.1 cm³/mol. The van der Waals surface area contributed by atoms with Gasteiger partial charge in [0.15, 0.2) is 9.84 Å². The zero-order valence-electron chi connectivity index (χ0n) is 13.0. The van der Waals surface area contributed by atoms with E-state index in [0.29, 0.717) is 0 Å². The minimum Gasteiger partial charge on any atom is -0.495 e. The second kappa shape index (κ2) is 6.67. The van der Waals surface area contributed by atoms with Gasteiger partial charge in [0.05, 0.1) is 30.8 Å². The first-order valence-electron chi connectivity index (χ1n) is 6.90. The zero-order chi connectivity index (χ0) is 18.1. The molecule has 9 nitrogen and oxygen atoms in total. The van der Waals surface area contributed by atoms with E-state index in [2.05, 4.69) is 10.0 Å². The third-order valence-corrected chi connectivity index (χ3v) is 6.63. The van der Waals surface area contributed by atoms with Crippen LogP contribution in [-0.2, 0) is 24.7 Å². The van der Waals surface area contributed by atoms with Gasteiger partial charge in [-0.25, -0.2) is 21.6 Å². The molecule has 11 heteroatoms. The van der Waals surface area contributed by atoms with Crippen LogP contribution in [0.25, 0.3) is 0 Å². The highest BCUT2D eigenvalue weighted by Crippen LogP contribution is 2.28. The lowest BCUT2D eigenvalue weighted by molar-refractivity contribution is -0.114. The molecule has 24 heavy (non-hydrogen) atoms. The van der Waals surface area contributed by atoms with Crippen LogP contribution in [0.3, 0.4) is 0 Å². The Labute approximate surface area is 140 Å². The fourth-order valence-corrected chi connectivity index (χ4v) is 5.68. The fraction of sp³-hybridized carbons (Fsp3) is 0.462. The van der Waals surface area contributed by atoms with Gasteiger partial charge >= 0.3 is 0 Å². The van der Waals surface area contributed by atoms with E-state index in [1.807, 2.05) is 0 Å². The molecule has 134 valence electrons. The van der Waals surface area contributed by atoms with E-state index >= 15 is 0 Å². The number of rotatable bonds is 5. The van der Waals surface area contributed by atoms with E-state index in [0.717, 1.165) is 0 Å². The Hall–Kier alpha value is -1.69. The van der Waals surface area contributed by atoms with E-state index in [1.165, 1.54) is 32.2 Å². The molecule has 0 unspecified atom stereocenters. The Morgan fingerprint density at radius 3 is 2.50 bits per heavy atom. The number of benzene rings is 1. The van der Waals surface area contributed by atoms with Crippen LogP contribution in [-0.4, -0.2) is 58.6 Å². The maximum atomic E-state index is 12.6. The van der Waals surface area contributed by atoms with Crippen LogP contribution in [0.2, 0.25) is 0 Å². The molecular weight excluding hydrogens is 360 g/mol. The Morgan fingerprint density at radius 1 is 1.33 bits per heavy atom. The number of amides is 1. The number of aliphatic hydroxyl groups excluding tert-OH is 1. The van der Waals surface area contributed by atoms with Crippen molar-refractivity contribution < 1.29 is 31.5 Å². The minimum atomic E-state index is -4.18. The Kier molecular flexibility index (Phi) is 5.18. The van der Waals surface area contributed by atoms with Gasteiger partial charge in [-0.1, -0.05) is 0 Å². The maximum absolute atomic E-state index is 12.6. The molecule has 1 amide bonds. The smallest absolute Gasteiger partial charge is 0.244 e. The van der Waals surface area contributed by atoms with Gasteiger partial charge in [-0.05, 0) is 18.2 Å². The van der Waals surface area contributed by atoms with Gasteiger partial charge in [0.2, 0.25) is 15.9 Å². The molecule has 1 saturated heterocycles. The summed E-state index contributed by atoms with van der Waals surface area (Å²) in [5.74, 6) is -1.34. The maximum Gasteiger partial charge on any atom is 0.244 e. The molecule has 0 saturated carbocycles. The number of hydrogen-bond donors (Lipinski definition) is 3. The molecule has 1 aliphatic heterocycles. The molecule has 0 spiro atoms. The summed E-state index contributed by atoms with van der Waals surface area (Å²) in [5.41, 5.74) is 0.239. The lowest BCUT2D eigenvalue weighted by atomic mass is 10.2. The van der Waals surface area contributed by atoms with Crippen LogP contribution in [0.1, 0.15) is 6.92 Å². The van der Waals surface area contributed by atoms with Gasteiger partial charge < -0.3 is 15.2 Å². The number of sulfone groups is 1. The van der Waals surface area contributed by atoms with Crippen LogP contribution in [0.5, 0.6) is 5.75 Å². The van der Waals surface area contributed by atoms with Gasteiger partial charge in [0, 0.05) is 12.6 Å². The van der Waals surface area contributed by atoms with E-state index in [4.69, 9.17) is 4.74 Å². The molecule has 0 radical (unpaired) electrons. The zero-order valence-corrected chi connectivity index (χ0v) is 14.6. The van der Waals surface area contributed by atoms with Crippen molar-refractivity contribution >= 4 is 31.5 Å². The summed E-state index contributed by atoms with van der Waals surface area (Å²) < 4.78 is 55.3. The number of carbonyl (C=O) groups excluding carboxylic acids is 1. The summed E-state index contributed by atoms with van der Waals surface area (Å²) in [5, 5.41) is 12.2. The lowest BCUT2D eigenvalue weighted by Gasteiger charge is -2.17. The van der Waals surface area contributed by atoms with Gasteiger partial charge in [-0.2, -0.15) is 0 Å². The Bertz CT molecular complexity index is 849. The normalized spacial score (nSPS) is 23.0. The van der Waals surface area contributed by atoms with E-state index in [9.17, 15) is 26.7 Å². The summed E-state index contributed by atoms with van der Waals surface area (Å²) >= 11 is 0. The first kappa shape index (κ1) is 18.6. The molecule has 3 N–H and O–H groups in total. The van der Waals surface area contributed by atoms with Crippen molar-refractivity contribution in [3.8, 4) is 5.75 Å². The van der Waals surface area contributed by atoms with Crippen LogP contribution in [0.4, 0.5) is 5.69 Å². The number of sulfonamides is 1. The number of aliphatic hydroxyl groups is 1. The molecular formula is C13H18N2O7S2. The minimum absolute atomic E-state index is 0.0203. The fourth-order valence-electron chi connectivity index (χ4n) is 2.37.